The third-order valence-corrected chi connectivity index (χ3v) is 2.79. The highest BCUT2D eigenvalue weighted by Crippen LogP contribution is 2.17. The van der Waals surface area contributed by atoms with Crippen molar-refractivity contribution in [3.63, 3.8) is 0 Å². The second-order valence-corrected chi connectivity index (χ2v) is 4.54. The van der Waals surface area contributed by atoms with Gasteiger partial charge < -0.3 is 10.1 Å². The Hall–Kier alpha value is -2.63. The van der Waals surface area contributed by atoms with E-state index in [-0.39, 0.29) is 11.5 Å². The molecule has 0 aliphatic carbocycles. The Morgan fingerprint density at radius 3 is 2.57 bits per heavy atom. The lowest BCUT2D eigenvalue weighted by Crippen LogP contribution is -2.11. The van der Waals surface area contributed by atoms with Crippen molar-refractivity contribution in [1.29, 1.82) is 0 Å². The first-order valence-electron chi connectivity index (χ1n) is 6.43. The van der Waals surface area contributed by atoms with Crippen LogP contribution in [0, 0.1) is 22.9 Å². The number of non-ortho nitro benzene ring substituents is 1. The summed E-state index contributed by atoms with van der Waals surface area (Å²) in [6, 6.07) is 10.6. The third kappa shape index (κ3) is 4.45. The first kappa shape index (κ1) is 14.8. The number of anilines is 1. The maximum atomic E-state index is 13.2. The summed E-state index contributed by atoms with van der Waals surface area (Å²) in [7, 11) is 0. The van der Waals surface area contributed by atoms with Crippen LogP contribution in [0.25, 0.3) is 0 Å². The van der Waals surface area contributed by atoms with E-state index in [1.807, 2.05) is 13.0 Å². The lowest BCUT2D eigenvalue weighted by molar-refractivity contribution is -0.384. The number of aryl methyl sites for hydroxylation is 1. The Labute approximate surface area is 121 Å². The SMILES string of the molecule is Cc1cc(F)cc(NCCOc2ccc([N+](=O)[O-])cc2)c1. The maximum Gasteiger partial charge on any atom is 0.269 e. The van der Waals surface area contributed by atoms with E-state index in [1.54, 1.807) is 12.1 Å². The van der Waals surface area contributed by atoms with Gasteiger partial charge >= 0.3 is 0 Å². The molecular formula is C15H15FN2O3. The molecule has 110 valence electrons. The highest BCUT2D eigenvalue weighted by atomic mass is 19.1. The molecule has 1 N–H and O–H groups in total. The first-order valence-corrected chi connectivity index (χ1v) is 6.43. The van der Waals surface area contributed by atoms with Crippen molar-refractivity contribution in [2.24, 2.45) is 0 Å². The average Bonchev–Trinajstić information content (AvgIpc) is 2.43. The third-order valence-electron chi connectivity index (χ3n) is 2.79. The van der Waals surface area contributed by atoms with Crippen molar-refractivity contribution in [1.82, 2.24) is 0 Å². The summed E-state index contributed by atoms with van der Waals surface area (Å²) < 4.78 is 18.6. The Morgan fingerprint density at radius 1 is 1.24 bits per heavy atom. The molecule has 0 radical (unpaired) electrons. The number of nitrogens with zero attached hydrogens (tertiary/aromatic N) is 1. The zero-order chi connectivity index (χ0) is 15.2. The molecule has 0 saturated carbocycles. The zero-order valence-electron chi connectivity index (χ0n) is 11.5. The number of hydrogen-bond donors (Lipinski definition) is 1. The van der Waals surface area contributed by atoms with E-state index < -0.39 is 4.92 Å². The summed E-state index contributed by atoms with van der Waals surface area (Å²) in [6.07, 6.45) is 0. The molecule has 0 bridgehead atoms. The van der Waals surface area contributed by atoms with Gasteiger partial charge in [-0.25, -0.2) is 4.39 Å². The molecule has 0 atom stereocenters. The van der Waals surface area contributed by atoms with Gasteiger partial charge in [-0.15, -0.1) is 0 Å². The lowest BCUT2D eigenvalue weighted by Gasteiger charge is -2.09. The number of halogens is 1. The summed E-state index contributed by atoms with van der Waals surface area (Å²) in [5.74, 6) is 0.270. The van der Waals surface area contributed by atoms with Crippen molar-refractivity contribution in [2.45, 2.75) is 6.92 Å². The topological polar surface area (TPSA) is 64.4 Å². The van der Waals surface area contributed by atoms with E-state index in [1.165, 1.54) is 24.3 Å². The smallest absolute Gasteiger partial charge is 0.269 e. The van der Waals surface area contributed by atoms with Crippen LogP contribution in [0.1, 0.15) is 5.56 Å². The second-order valence-electron chi connectivity index (χ2n) is 4.54. The van der Waals surface area contributed by atoms with Crippen LogP contribution in [-0.2, 0) is 0 Å². The Balaban J connectivity index is 1.80. The van der Waals surface area contributed by atoms with Gasteiger partial charge in [-0.3, -0.25) is 10.1 Å². The number of ether oxygens (including phenoxy) is 1. The summed E-state index contributed by atoms with van der Waals surface area (Å²) in [6.45, 7) is 2.69. The molecule has 2 aromatic carbocycles. The fourth-order valence-electron chi connectivity index (χ4n) is 1.87. The molecule has 0 heterocycles. The molecule has 0 saturated heterocycles. The predicted molar refractivity (Wildman–Crippen MR) is 78.2 cm³/mol. The van der Waals surface area contributed by atoms with Crippen molar-refractivity contribution in [3.8, 4) is 5.75 Å². The molecule has 2 aromatic rings. The van der Waals surface area contributed by atoms with E-state index in [0.29, 0.717) is 24.6 Å². The summed E-state index contributed by atoms with van der Waals surface area (Å²) >= 11 is 0. The Kier molecular flexibility index (Phi) is 4.71. The molecule has 0 unspecified atom stereocenters. The van der Waals surface area contributed by atoms with E-state index in [0.717, 1.165) is 5.56 Å². The Bertz CT molecular complexity index is 609. The number of nitrogens with one attached hydrogen (secondary N) is 1. The quantitative estimate of drug-likeness (QED) is 0.502. The number of nitro benzene ring substituents is 1. The fourth-order valence-corrected chi connectivity index (χ4v) is 1.87. The van der Waals surface area contributed by atoms with E-state index in [4.69, 9.17) is 4.74 Å². The van der Waals surface area contributed by atoms with E-state index in [9.17, 15) is 14.5 Å². The molecule has 0 aromatic heterocycles. The number of nitro groups is 1. The van der Waals surface area contributed by atoms with Gasteiger partial charge in [0.1, 0.15) is 18.2 Å². The van der Waals surface area contributed by atoms with Crippen molar-refractivity contribution < 1.29 is 14.1 Å². The van der Waals surface area contributed by atoms with Crippen molar-refractivity contribution in [3.05, 3.63) is 64.0 Å². The van der Waals surface area contributed by atoms with Gasteiger partial charge in [-0.1, -0.05) is 0 Å². The second kappa shape index (κ2) is 6.69. The van der Waals surface area contributed by atoms with Gasteiger partial charge in [0.15, 0.2) is 0 Å². The summed E-state index contributed by atoms with van der Waals surface area (Å²) in [5, 5.41) is 13.6. The summed E-state index contributed by atoms with van der Waals surface area (Å²) in [4.78, 5) is 10.0. The van der Waals surface area contributed by atoms with Crippen molar-refractivity contribution in [2.75, 3.05) is 18.5 Å². The van der Waals surface area contributed by atoms with Crippen LogP contribution in [0.5, 0.6) is 5.75 Å². The van der Waals surface area contributed by atoms with E-state index >= 15 is 0 Å². The van der Waals surface area contributed by atoms with Crippen LogP contribution in [0.3, 0.4) is 0 Å². The minimum atomic E-state index is -0.461. The number of rotatable bonds is 6. The van der Waals surface area contributed by atoms with E-state index in [2.05, 4.69) is 5.32 Å². The molecule has 0 aliphatic rings. The molecule has 0 amide bonds. The monoisotopic (exact) mass is 290 g/mol. The highest BCUT2D eigenvalue weighted by Gasteiger charge is 2.04. The molecule has 0 aliphatic heterocycles. The van der Waals surface area contributed by atoms with Gasteiger partial charge in [0.2, 0.25) is 0 Å². The molecule has 6 heteroatoms. The molecule has 21 heavy (non-hydrogen) atoms. The fraction of sp³-hybridized carbons (Fsp3) is 0.200. The summed E-state index contributed by atoms with van der Waals surface area (Å²) in [5.41, 5.74) is 1.56. The normalized spacial score (nSPS) is 10.2. The molecule has 2 rings (SSSR count). The number of hydrogen-bond acceptors (Lipinski definition) is 4. The molecular weight excluding hydrogens is 275 g/mol. The predicted octanol–water partition coefficient (Wildman–Crippen LogP) is 3.53. The van der Waals surface area contributed by atoms with Crippen LogP contribution in [0.15, 0.2) is 42.5 Å². The zero-order valence-corrected chi connectivity index (χ0v) is 11.5. The van der Waals surface area contributed by atoms with Gasteiger partial charge in [0.25, 0.3) is 5.69 Å². The first-order chi connectivity index (χ1) is 10.0. The maximum absolute atomic E-state index is 13.2. The molecule has 0 spiro atoms. The van der Waals surface area contributed by atoms with Crippen LogP contribution in [0.2, 0.25) is 0 Å². The van der Waals surface area contributed by atoms with Gasteiger partial charge in [0.05, 0.1) is 4.92 Å². The van der Waals surface area contributed by atoms with Crippen LogP contribution >= 0.6 is 0 Å². The van der Waals surface area contributed by atoms with Gasteiger partial charge in [0, 0.05) is 24.4 Å². The standard InChI is InChI=1S/C15H15FN2O3/c1-11-8-12(16)10-13(9-11)17-6-7-21-15-4-2-14(3-5-15)18(19)20/h2-5,8-10,17H,6-7H2,1H3. The van der Waals surface area contributed by atoms with Crippen molar-refractivity contribution >= 4 is 11.4 Å². The largest absolute Gasteiger partial charge is 0.492 e. The number of benzene rings is 2. The van der Waals surface area contributed by atoms with Gasteiger partial charge in [-0.05, 0) is 42.8 Å². The van der Waals surface area contributed by atoms with Crippen LogP contribution < -0.4 is 10.1 Å². The minimum Gasteiger partial charge on any atom is -0.492 e. The minimum absolute atomic E-state index is 0.0238. The van der Waals surface area contributed by atoms with Gasteiger partial charge in [-0.2, -0.15) is 0 Å². The highest BCUT2D eigenvalue weighted by molar-refractivity contribution is 5.46. The van der Waals surface area contributed by atoms with Crippen LogP contribution in [0.4, 0.5) is 15.8 Å². The Morgan fingerprint density at radius 2 is 1.95 bits per heavy atom. The molecule has 5 nitrogen and oxygen atoms in total. The molecule has 0 fully saturated rings. The average molecular weight is 290 g/mol. The van der Waals surface area contributed by atoms with Crippen LogP contribution in [-0.4, -0.2) is 18.1 Å². The lowest BCUT2D eigenvalue weighted by atomic mass is 10.2.